The summed E-state index contributed by atoms with van der Waals surface area (Å²) < 4.78 is 27.0. The Morgan fingerprint density at radius 1 is 1.40 bits per heavy atom. The molecule has 0 saturated heterocycles. The van der Waals surface area contributed by atoms with Crippen molar-refractivity contribution in [2.24, 2.45) is 0 Å². The van der Waals surface area contributed by atoms with Crippen LogP contribution in [0.1, 0.15) is 5.56 Å². The molecule has 0 bridgehead atoms. The first-order chi connectivity index (χ1) is 7.06. The Hall–Kier alpha value is -0.940. The van der Waals surface area contributed by atoms with E-state index in [0.29, 0.717) is 4.32 Å². The highest BCUT2D eigenvalue weighted by atomic mass is 32.2. The fourth-order valence-electron chi connectivity index (χ4n) is 0.978. The Bertz CT molecular complexity index is 384. The highest BCUT2D eigenvalue weighted by Gasteiger charge is 2.13. The van der Waals surface area contributed by atoms with Gasteiger partial charge in [-0.25, -0.2) is 8.78 Å². The predicted molar refractivity (Wildman–Crippen MR) is 64.6 cm³/mol. The van der Waals surface area contributed by atoms with Gasteiger partial charge in [0.25, 0.3) is 0 Å². The van der Waals surface area contributed by atoms with E-state index in [-0.39, 0.29) is 10.5 Å². The third-order valence-corrected chi connectivity index (χ3v) is 2.96. The number of thiocarbonyl (C=S) groups is 1. The normalized spacial score (nSPS) is 9.80. The first-order valence-corrected chi connectivity index (χ1v) is 5.31. The largest absolute Gasteiger partial charge is 0.374 e. The summed E-state index contributed by atoms with van der Waals surface area (Å²) in [5.74, 6) is -1.27. The lowest BCUT2D eigenvalue weighted by atomic mass is 10.2. The molecule has 0 aliphatic carbocycles. The minimum Gasteiger partial charge on any atom is -0.374 e. The van der Waals surface area contributed by atoms with Crippen LogP contribution in [0, 0.1) is 11.6 Å². The molecule has 1 rings (SSSR count). The van der Waals surface area contributed by atoms with Gasteiger partial charge in [0.2, 0.25) is 0 Å². The molecule has 1 aromatic carbocycles. The van der Waals surface area contributed by atoms with Gasteiger partial charge in [-0.15, -0.1) is 0 Å². The Morgan fingerprint density at radius 2 is 1.93 bits per heavy atom. The maximum absolute atomic E-state index is 13.3. The average molecular weight is 245 g/mol. The van der Waals surface area contributed by atoms with Gasteiger partial charge in [-0.2, -0.15) is 0 Å². The molecule has 0 atom stereocenters. The molecule has 1 N–H and O–H groups in total. The quantitative estimate of drug-likeness (QED) is 0.804. The molecule has 0 heterocycles. The van der Waals surface area contributed by atoms with E-state index in [0.717, 1.165) is 11.8 Å². The van der Waals surface area contributed by atoms with Gasteiger partial charge in [-0.1, -0.05) is 36.6 Å². The molecule has 1 aromatic rings. The van der Waals surface area contributed by atoms with Crippen LogP contribution in [0.4, 0.5) is 8.78 Å². The zero-order valence-corrected chi connectivity index (χ0v) is 9.64. The van der Waals surface area contributed by atoms with E-state index in [4.69, 9.17) is 12.2 Å². The van der Waals surface area contributed by atoms with Gasteiger partial charge in [-0.05, 0) is 12.1 Å². The first kappa shape index (κ1) is 12.1. The van der Waals surface area contributed by atoms with E-state index in [1.54, 1.807) is 7.05 Å². The summed E-state index contributed by atoms with van der Waals surface area (Å²) in [7, 11) is 1.64. The van der Waals surface area contributed by atoms with Crippen LogP contribution in [0.2, 0.25) is 0 Å². The second-order valence-corrected chi connectivity index (χ2v) is 4.43. The Kier molecular flexibility index (Phi) is 4.23. The third-order valence-electron chi connectivity index (χ3n) is 1.66. The van der Waals surface area contributed by atoms with Crippen LogP contribution >= 0.6 is 24.0 Å². The molecule has 1 nitrogen and oxygen atoms in total. The molecule has 0 aromatic heterocycles. The number of hydrogen-bond acceptors (Lipinski definition) is 2. The second-order valence-electron chi connectivity index (χ2n) is 2.66. The highest BCUT2D eigenvalue weighted by molar-refractivity contribution is 8.29. The first-order valence-electron chi connectivity index (χ1n) is 4.09. The van der Waals surface area contributed by atoms with Crippen LogP contribution < -0.4 is 5.32 Å². The molecule has 0 fully saturated rings. The van der Waals surface area contributed by atoms with Crippen molar-refractivity contribution in [1.82, 2.24) is 5.32 Å². The van der Waals surface area contributed by atoms with Crippen LogP contribution in [-0.4, -0.2) is 11.4 Å². The topological polar surface area (TPSA) is 12.0 Å². The monoisotopic (exact) mass is 245 g/mol. The minimum atomic E-state index is -0.633. The molecule has 0 unspecified atom stereocenters. The molecule has 0 saturated carbocycles. The van der Waals surface area contributed by atoms with Gasteiger partial charge in [0, 0.05) is 12.0 Å². The second kappa shape index (κ2) is 5.23. The number of rotatable bonds is 2. The van der Waals surface area contributed by atoms with Crippen molar-refractivity contribution < 1.29 is 8.78 Å². The third kappa shape index (κ3) is 3.00. The van der Waals surface area contributed by atoms with E-state index >= 15 is 0 Å². The summed E-state index contributed by atoms with van der Waals surface area (Å²) in [4.78, 5) is 0.255. The maximum atomic E-state index is 13.3. The Labute approximate surface area is 96.6 Å². The van der Waals surface area contributed by atoms with E-state index in [1.807, 2.05) is 0 Å². The molecule has 0 aliphatic heterocycles. The lowest BCUT2D eigenvalue weighted by Gasteiger charge is -2.08. The van der Waals surface area contributed by atoms with Gasteiger partial charge in [0.1, 0.15) is 16.0 Å². The van der Waals surface area contributed by atoms with Crippen LogP contribution in [0.15, 0.2) is 24.8 Å². The molecule has 80 valence electrons. The van der Waals surface area contributed by atoms with Gasteiger partial charge < -0.3 is 5.32 Å². The predicted octanol–water partition coefficient (Wildman–Crippen LogP) is 3.17. The number of halogens is 2. The van der Waals surface area contributed by atoms with Crippen molar-refractivity contribution in [3.8, 4) is 0 Å². The molecule has 0 amide bonds. The molecular weight excluding hydrogens is 236 g/mol. The van der Waals surface area contributed by atoms with Gasteiger partial charge in [0.05, 0.1) is 5.56 Å². The van der Waals surface area contributed by atoms with Crippen molar-refractivity contribution >= 4 is 33.2 Å². The number of thioether (sulfide) groups is 1. The fourth-order valence-corrected chi connectivity index (χ4v) is 1.90. The summed E-state index contributed by atoms with van der Waals surface area (Å²) in [6.45, 7) is 3.59. The van der Waals surface area contributed by atoms with Crippen LogP contribution in [0.5, 0.6) is 0 Å². The lowest BCUT2D eigenvalue weighted by molar-refractivity contribution is 0.578. The molecule has 0 radical (unpaired) electrons. The Morgan fingerprint density at radius 3 is 2.40 bits per heavy atom. The smallest absolute Gasteiger partial charge is 0.138 e. The van der Waals surface area contributed by atoms with Crippen molar-refractivity contribution in [2.75, 3.05) is 7.05 Å². The standard InChI is InChI=1S/C10H9F2NS2/c1-6(15-10(14)13-2)9-7(11)4-3-5-8(9)12/h3-5H,1H2,2H3,(H,13,14). The lowest BCUT2D eigenvalue weighted by Crippen LogP contribution is -2.11. The molecule has 0 aliphatic rings. The van der Waals surface area contributed by atoms with Gasteiger partial charge in [-0.3, -0.25) is 0 Å². The summed E-state index contributed by atoms with van der Waals surface area (Å²) >= 11 is 5.89. The Balaban J connectivity index is 2.96. The van der Waals surface area contributed by atoms with Crippen molar-refractivity contribution in [1.29, 1.82) is 0 Å². The van der Waals surface area contributed by atoms with Gasteiger partial charge >= 0.3 is 0 Å². The zero-order valence-electron chi connectivity index (χ0n) is 8.01. The van der Waals surface area contributed by atoms with E-state index in [9.17, 15) is 8.78 Å². The summed E-state index contributed by atoms with van der Waals surface area (Å²) in [6.07, 6.45) is 0. The fraction of sp³-hybridized carbons (Fsp3) is 0.100. The number of hydrogen-bond donors (Lipinski definition) is 1. The van der Waals surface area contributed by atoms with Crippen LogP contribution in [0.3, 0.4) is 0 Å². The van der Waals surface area contributed by atoms with Crippen molar-refractivity contribution in [3.05, 3.63) is 42.0 Å². The van der Waals surface area contributed by atoms with E-state index in [1.165, 1.54) is 18.2 Å². The minimum absolute atomic E-state index is 0.125. The van der Waals surface area contributed by atoms with Crippen LogP contribution in [-0.2, 0) is 0 Å². The molecule has 5 heteroatoms. The summed E-state index contributed by atoms with van der Waals surface area (Å²) in [5.41, 5.74) is -0.125. The zero-order chi connectivity index (χ0) is 11.4. The van der Waals surface area contributed by atoms with Crippen LogP contribution in [0.25, 0.3) is 4.91 Å². The molecule has 0 spiro atoms. The SMILES string of the molecule is C=C(SC(=S)NC)c1c(F)cccc1F. The molecule has 15 heavy (non-hydrogen) atoms. The van der Waals surface area contributed by atoms with Crippen molar-refractivity contribution in [3.63, 3.8) is 0 Å². The number of nitrogens with one attached hydrogen (secondary N) is 1. The number of benzene rings is 1. The average Bonchev–Trinajstić information content (AvgIpc) is 2.17. The van der Waals surface area contributed by atoms with Crippen molar-refractivity contribution in [2.45, 2.75) is 0 Å². The van der Waals surface area contributed by atoms with E-state index < -0.39 is 11.6 Å². The highest BCUT2D eigenvalue weighted by Crippen LogP contribution is 2.29. The summed E-state index contributed by atoms with van der Waals surface area (Å²) in [6, 6.07) is 3.68. The molecular formula is C10H9F2NS2. The summed E-state index contributed by atoms with van der Waals surface area (Å²) in [5, 5.41) is 2.69. The van der Waals surface area contributed by atoms with Gasteiger partial charge in [0.15, 0.2) is 0 Å². The van der Waals surface area contributed by atoms with E-state index in [2.05, 4.69) is 11.9 Å². The maximum Gasteiger partial charge on any atom is 0.138 e.